The lowest BCUT2D eigenvalue weighted by molar-refractivity contribution is -0.109. The number of methoxy groups -OCH3 is 2. The van der Waals surface area contributed by atoms with Crippen LogP contribution in [-0.2, 0) is 16.1 Å². The molecule has 1 aliphatic heterocycles. The lowest BCUT2D eigenvalue weighted by Crippen LogP contribution is -2.21. The van der Waals surface area contributed by atoms with Crippen molar-refractivity contribution in [1.82, 2.24) is 4.90 Å². The molecule has 0 radical (unpaired) electrons. The van der Waals surface area contributed by atoms with Gasteiger partial charge in [0.15, 0.2) is 17.3 Å². The van der Waals surface area contributed by atoms with E-state index in [4.69, 9.17) is 18.9 Å². The monoisotopic (exact) mass is 447 g/mol. The first-order valence-corrected chi connectivity index (χ1v) is 10.4. The van der Waals surface area contributed by atoms with Gasteiger partial charge in [0.25, 0.3) is 5.91 Å². The van der Waals surface area contributed by atoms with Crippen molar-refractivity contribution in [3.63, 3.8) is 0 Å². The van der Waals surface area contributed by atoms with E-state index >= 15 is 0 Å². The van der Waals surface area contributed by atoms with E-state index in [1.165, 1.54) is 18.1 Å². The fraction of sp³-hybridized carbons (Fsp3) is 0.231. The molecule has 0 saturated heterocycles. The summed E-state index contributed by atoms with van der Waals surface area (Å²) in [4.78, 5) is 26.5. The van der Waals surface area contributed by atoms with E-state index in [1.54, 1.807) is 57.8 Å². The Kier molecular flexibility index (Phi) is 6.22. The highest BCUT2D eigenvalue weighted by molar-refractivity contribution is 6.29. The number of fused-ring (bicyclic) bond motifs is 1. The van der Waals surface area contributed by atoms with Crippen LogP contribution < -0.4 is 14.2 Å². The minimum absolute atomic E-state index is 0.0702. The third-order valence-electron chi connectivity index (χ3n) is 5.51. The van der Waals surface area contributed by atoms with Crippen LogP contribution in [0.15, 0.2) is 66.0 Å². The first-order chi connectivity index (χ1) is 15.9. The van der Waals surface area contributed by atoms with Gasteiger partial charge in [-0.1, -0.05) is 12.1 Å². The molecule has 0 bridgehead atoms. The molecule has 0 spiro atoms. The van der Waals surface area contributed by atoms with Crippen LogP contribution in [0.2, 0.25) is 0 Å². The molecule has 0 atom stereocenters. The molecule has 7 heteroatoms. The Labute approximate surface area is 192 Å². The Balaban J connectivity index is 1.71. The Morgan fingerprint density at radius 1 is 1.00 bits per heavy atom. The summed E-state index contributed by atoms with van der Waals surface area (Å²) in [6.07, 6.45) is 4.93. The number of carbonyl (C=O) groups is 2. The van der Waals surface area contributed by atoms with Gasteiger partial charge < -0.3 is 23.8 Å². The molecule has 1 aliphatic carbocycles. The summed E-state index contributed by atoms with van der Waals surface area (Å²) in [5, 5.41) is 0. The number of hydrogen-bond donors (Lipinski definition) is 0. The minimum atomic E-state index is -0.128. The second-order valence-electron chi connectivity index (χ2n) is 7.80. The molecule has 0 saturated carbocycles. The van der Waals surface area contributed by atoms with E-state index in [0.29, 0.717) is 40.6 Å². The number of ether oxygens (including phenoxy) is 4. The Hall–Kier alpha value is -4.00. The molecule has 1 heterocycles. The van der Waals surface area contributed by atoms with Gasteiger partial charge in [0.1, 0.15) is 13.2 Å². The average molecular weight is 447 g/mol. The molecule has 0 fully saturated rings. The highest BCUT2D eigenvalue weighted by atomic mass is 16.5. The topological polar surface area (TPSA) is 74.3 Å². The van der Waals surface area contributed by atoms with Crippen LogP contribution in [0.25, 0.3) is 5.57 Å². The summed E-state index contributed by atoms with van der Waals surface area (Å²) in [5.41, 5.74) is 4.25. The molecule has 0 N–H and O–H groups in total. The molecule has 170 valence electrons. The highest BCUT2D eigenvalue weighted by Crippen LogP contribution is 2.45. The zero-order chi connectivity index (χ0) is 23.5. The maximum Gasteiger partial charge on any atom is 0.253 e. The molecule has 0 aromatic heterocycles. The molecule has 2 aromatic rings. The van der Waals surface area contributed by atoms with Crippen molar-refractivity contribution in [3.8, 4) is 17.2 Å². The maximum absolute atomic E-state index is 12.9. The fourth-order valence-electron chi connectivity index (χ4n) is 3.81. The molecule has 0 unspecified atom stereocenters. The lowest BCUT2D eigenvalue weighted by Gasteiger charge is -2.21. The second-order valence-corrected chi connectivity index (χ2v) is 7.80. The van der Waals surface area contributed by atoms with Crippen molar-refractivity contribution in [3.05, 3.63) is 82.6 Å². The van der Waals surface area contributed by atoms with Crippen LogP contribution in [0.1, 0.15) is 21.5 Å². The van der Waals surface area contributed by atoms with Gasteiger partial charge in [-0.05, 0) is 42.0 Å². The molecular weight excluding hydrogens is 422 g/mol. The Bertz CT molecular complexity index is 1190. The summed E-state index contributed by atoms with van der Waals surface area (Å²) in [5.74, 6) is 1.10. The largest absolute Gasteiger partial charge is 0.496 e. The Morgan fingerprint density at radius 3 is 2.42 bits per heavy atom. The van der Waals surface area contributed by atoms with Crippen molar-refractivity contribution in [2.75, 3.05) is 34.9 Å². The van der Waals surface area contributed by atoms with Crippen molar-refractivity contribution in [2.24, 2.45) is 0 Å². The molecule has 4 rings (SSSR count). The summed E-state index contributed by atoms with van der Waals surface area (Å²) in [6, 6.07) is 10.7. The van der Waals surface area contributed by atoms with Crippen LogP contribution in [0.5, 0.6) is 17.2 Å². The van der Waals surface area contributed by atoms with Crippen molar-refractivity contribution in [1.29, 1.82) is 0 Å². The van der Waals surface area contributed by atoms with Crippen LogP contribution in [0, 0.1) is 0 Å². The molecule has 1 amide bonds. The number of nitrogens with zero attached hydrogens (tertiary/aromatic N) is 1. The number of allylic oxidation sites excluding steroid dienone is 3. The van der Waals surface area contributed by atoms with Gasteiger partial charge in [-0.15, -0.1) is 0 Å². The van der Waals surface area contributed by atoms with Gasteiger partial charge in [0, 0.05) is 41.9 Å². The predicted octanol–water partition coefficient (Wildman–Crippen LogP) is 3.79. The third-order valence-corrected chi connectivity index (χ3v) is 5.51. The van der Waals surface area contributed by atoms with Gasteiger partial charge in [0.05, 0.1) is 20.5 Å². The molecule has 2 aromatic carbocycles. The third kappa shape index (κ3) is 4.22. The van der Waals surface area contributed by atoms with Crippen LogP contribution >= 0.6 is 0 Å². The minimum Gasteiger partial charge on any atom is -0.496 e. The average Bonchev–Trinajstić information content (AvgIpc) is 3.30. The lowest BCUT2D eigenvalue weighted by atomic mass is 9.88. The van der Waals surface area contributed by atoms with Crippen molar-refractivity contribution in [2.45, 2.75) is 6.61 Å². The van der Waals surface area contributed by atoms with Gasteiger partial charge in [-0.3, -0.25) is 9.59 Å². The summed E-state index contributed by atoms with van der Waals surface area (Å²) < 4.78 is 22.7. The van der Waals surface area contributed by atoms with Crippen LogP contribution in [0.4, 0.5) is 0 Å². The molecule has 33 heavy (non-hydrogen) atoms. The van der Waals surface area contributed by atoms with Gasteiger partial charge >= 0.3 is 0 Å². The number of benzene rings is 2. The summed E-state index contributed by atoms with van der Waals surface area (Å²) in [7, 11) is 6.50. The van der Waals surface area contributed by atoms with E-state index in [-0.39, 0.29) is 18.3 Å². The zero-order valence-electron chi connectivity index (χ0n) is 19.0. The van der Waals surface area contributed by atoms with Crippen molar-refractivity contribution >= 4 is 17.3 Å². The van der Waals surface area contributed by atoms with E-state index in [1.807, 2.05) is 12.1 Å². The zero-order valence-corrected chi connectivity index (χ0v) is 19.0. The SMILES string of the molecule is COc1ccc(C2=C3COC=C3C=CC2=O)c(OCc2ccc(C(=O)N(C)C)cc2)c1OC. The van der Waals surface area contributed by atoms with Crippen LogP contribution in [0.3, 0.4) is 0 Å². The second kappa shape index (κ2) is 9.24. The van der Waals surface area contributed by atoms with E-state index in [9.17, 15) is 9.59 Å². The fourth-order valence-corrected chi connectivity index (χ4v) is 3.81. The summed E-state index contributed by atoms with van der Waals surface area (Å²) in [6.45, 7) is 0.523. The molecule has 7 nitrogen and oxygen atoms in total. The first kappa shape index (κ1) is 22.2. The molecular formula is C26H25NO6. The number of amides is 1. The number of ketones is 1. The van der Waals surface area contributed by atoms with Crippen LogP contribution in [-0.4, -0.2) is 51.5 Å². The predicted molar refractivity (Wildman–Crippen MR) is 123 cm³/mol. The smallest absolute Gasteiger partial charge is 0.253 e. The normalized spacial score (nSPS) is 14.4. The van der Waals surface area contributed by atoms with E-state index in [0.717, 1.165) is 16.7 Å². The quantitative estimate of drug-likeness (QED) is 0.643. The standard InChI is InChI=1S/C26H25NO6/c1-27(2)26(29)17-7-5-16(6-8-17)13-33-24-19(10-12-22(30-3)25(24)31-4)23-20-15-32-14-18(20)9-11-21(23)28/h5-12,14H,13,15H2,1-4H3. The highest BCUT2D eigenvalue weighted by Gasteiger charge is 2.29. The van der Waals surface area contributed by atoms with Gasteiger partial charge in [-0.25, -0.2) is 0 Å². The molecule has 2 aliphatic rings. The number of carbonyl (C=O) groups excluding carboxylic acids is 2. The van der Waals surface area contributed by atoms with Gasteiger partial charge in [-0.2, -0.15) is 0 Å². The summed E-state index contributed by atoms with van der Waals surface area (Å²) >= 11 is 0. The number of rotatable bonds is 7. The number of hydrogen-bond acceptors (Lipinski definition) is 6. The first-order valence-electron chi connectivity index (χ1n) is 10.4. The van der Waals surface area contributed by atoms with Crippen molar-refractivity contribution < 1.29 is 28.5 Å². The Morgan fingerprint density at radius 2 is 1.76 bits per heavy atom. The van der Waals surface area contributed by atoms with E-state index < -0.39 is 0 Å². The maximum atomic E-state index is 12.9. The van der Waals surface area contributed by atoms with Gasteiger partial charge in [0.2, 0.25) is 5.75 Å². The van der Waals surface area contributed by atoms with E-state index in [2.05, 4.69) is 0 Å².